The molecule has 1 amide bonds. The van der Waals surface area contributed by atoms with Gasteiger partial charge in [-0.1, -0.05) is 40.6 Å². The molecular weight excluding hydrogens is 278 g/mol. The number of carbonyl (C=O) groups excluding carboxylic acids is 1. The van der Waals surface area contributed by atoms with E-state index < -0.39 is 0 Å². The predicted molar refractivity (Wildman–Crippen MR) is 72.9 cm³/mol. The van der Waals surface area contributed by atoms with E-state index in [9.17, 15) is 4.79 Å². The largest absolute Gasteiger partial charge is 0.352 e. The maximum absolute atomic E-state index is 12.2. The molecule has 0 atom stereocenters. The average molecular weight is 294 g/mol. The van der Waals surface area contributed by atoms with Crippen molar-refractivity contribution in [1.82, 2.24) is 5.32 Å². The first-order valence-electron chi connectivity index (χ1n) is 5.84. The lowest BCUT2D eigenvalue weighted by atomic mass is 9.64. The van der Waals surface area contributed by atoms with Crippen molar-refractivity contribution in [3.05, 3.63) is 47.0 Å². The smallest absolute Gasteiger partial charge is 0.230 e. The Hall–Kier alpha value is -1.09. The highest BCUT2D eigenvalue weighted by molar-refractivity contribution is 9.10. The molecule has 1 aromatic carbocycles. The molecule has 0 aliphatic heterocycles. The lowest BCUT2D eigenvalue weighted by Gasteiger charge is -2.40. The first-order chi connectivity index (χ1) is 8.19. The summed E-state index contributed by atoms with van der Waals surface area (Å²) in [6.07, 6.45) is 4.72. The van der Waals surface area contributed by atoms with Crippen molar-refractivity contribution in [3.8, 4) is 0 Å². The second-order valence-corrected chi connectivity index (χ2v) is 5.36. The summed E-state index contributed by atoms with van der Waals surface area (Å²) in [6, 6.07) is 8.07. The summed E-state index contributed by atoms with van der Waals surface area (Å²) >= 11 is 3.42. The maximum atomic E-state index is 12.2. The van der Waals surface area contributed by atoms with Crippen LogP contribution in [0.2, 0.25) is 0 Å². The van der Waals surface area contributed by atoms with E-state index in [4.69, 9.17) is 0 Å². The lowest BCUT2D eigenvalue weighted by molar-refractivity contribution is -0.129. The summed E-state index contributed by atoms with van der Waals surface area (Å²) < 4.78 is 1.04. The van der Waals surface area contributed by atoms with Gasteiger partial charge >= 0.3 is 0 Å². The molecule has 1 N–H and O–H groups in total. The number of rotatable bonds is 4. The number of benzene rings is 1. The van der Waals surface area contributed by atoms with Gasteiger partial charge in [-0.2, -0.15) is 0 Å². The van der Waals surface area contributed by atoms with Crippen molar-refractivity contribution >= 4 is 21.8 Å². The van der Waals surface area contributed by atoms with E-state index in [1.165, 1.54) is 0 Å². The molecule has 2 nitrogen and oxygen atoms in total. The SMILES string of the molecule is C=CCNC(=O)C1(c2ccc(Br)cc2)CCC1. The van der Waals surface area contributed by atoms with Crippen LogP contribution in [-0.4, -0.2) is 12.5 Å². The van der Waals surface area contributed by atoms with E-state index in [1.807, 2.05) is 24.3 Å². The molecule has 0 radical (unpaired) electrons. The monoisotopic (exact) mass is 293 g/mol. The van der Waals surface area contributed by atoms with Gasteiger partial charge in [-0.25, -0.2) is 0 Å². The van der Waals surface area contributed by atoms with E-state index >= 15 is 0 Å². The Kier molecular flexibility index (Phi) is 3.67. The van der Waals surface area contributed by atoms with Gasteiger partial charge in [0.15, 0.2) is 0 Å². The first-order valence-corrected chi connectivity index (χ1v) is 6.63. The second kappa shape index (κ2) is 5.05. The van der Waals surface area contributed by atoms with E-state index in [0.717, 1.165) is 29.3 Å². The molecule has 0 unspecified atom stereocenters. The Balaban J connectivity index is 2.22. The van der Waals surface area contributed by atoms with Crippen LogP contribution in [0.4, 0.5) is 0 Å². The van der Waals surface area contributed by atoms with Crippen LogP contribution < -0.4 is 5.32 Å². The fraction of sp³-hybridized carbons (Fsp3) is 0.357. The summed E-state index contributed by atoms with van der Waals surface area (Å²) in [5.41, 5.74) is 0.817. The van der Waals surface area contributed by atoms with Crippen LogP contribution in [-0.2, 0) is 10.2 Å². The number of amides is 1. The summed E-state index contributed by atoms with van der Waals surface area (Å²) in [6.45, 7) is 4.16. The van der Waals surface area contributed by atoms with Crippen LogP contribution in [0.15, 0.2) is 41.4 Å². The van der Waals surface area contributed by atoms with Crippen molar-refractivity contribution in [2.45, 2.75) is 24.7 Å². The molecule has 0 aromatic heterocycles. The second-order valence-electron chi connectivity index (χ2n) is 4.44. The quantitative estimate of drug-likeness (QED) is 0.849. The Bertz CT molecular complexity index is 420. The van der Waals surface area contributed by atoms with Crippen molar-refractivity contribution in [3.63, 3.8) is 0 Å². The third-order valence-corrected chi connectivity index (χ3v) is 3.97. The van der Waals surface area contributed by atoms with Gasteiger partial charge in [0, 0.05) is 11.0 Å². The van der Waals surface area contributed by atoms with Crippen LogP contribution in [0.5, 0.6) is 0 Å². The van der Waals surface area contributed by atoms with Crippen LogP contribution in [0, 0.1) is 0 Å². The van der Waals surface area contributed by atoms with Gasteiger partial charge in [0.2, 0.25) is 5.91 Å². The van der Waals surface area contributed by atoms with Crippen LogP contribution in [0.25, 0.3) is 0 Å². The molecule has 2 rings (SSSR count). The summed E-state index contributed by atoms with van der Waals surface area (Å²) in [4.78, 5) is 12.2. The average Bonchev–Trinajstić information content (AvgIpc) is 2.27. The Morgan fingerprint density at radius 1 is 1.41 bits per heavy atom. The van der Waals surface area contributed by atoms with E-state index in [-0.39, 0.29) is 11.3 Å². The molecule has 1 aliphatic carbocycles. The van der Waals surface area contributed by atoms with E-state index in [2.05, 4.69) is 27.8 Å². The van der Waals surface area contributed by atoms with Crippen molar-refractivity contribution < 1.29 is 4.79 Å². The molecular formula is C14H16BrNO. The molecule has 17 heavy (non-hydrogen) atoms. The van der Waals surface area contributed by atoms with Crippen molar-refractivity contribution in [2.24, 2.45) is 0 Å². The van der Waals surface area contributed by atoms with E-state index in [1.54, 1.807) is 6.08 Å². The fourth-order valence-corrected chi connectivity index (χ4v) is 2.54. The molecule has 0 saturated heterocycles. The molecule has 3 heteroatoms. The van der Waals surface area contributed by atoms with Crippen molar-refractivity contribution in [1.29, 1.82) is 0 Å². The predicted octanol–water partition coefficient (Wildman–Crippen LogP) is 3.17. The molecule has 1 aliphatic rings. The third kappa shape index (κ3) is 2.29. The van der Waals surface area contributed by atoms with Gasteiger partial charge in [-0.05, 0) is 30.5 Å². The maximum Gasteiger partial charge on any atom is 0.230 e. The number of hydrogen-bond donors (Lipinski definition) is 1. The molecule has 0 spiro atoms. The number of nitrogens with one attached hydrogen (secondary N) is 1. The zero-order chi connectivity index (χ0) is 12.3. The highest BCUT2D eigenvalue weighted by atomic mass is 79.9. The molecule has 1 saturated carbocycles. The summed E-state index contributed by atoms with van der Waals surface area (Å²) in [5, 5.41) is 2.92. The summed E-state index contributed by atoms with van der Waals surface area (Å²) in [7, 11) is 0. The van der Waals surface area contributed by atoms with E-state index in [0.29, 0.717) is 6.54 Å². The zero-order valence-corrected chi connectivity index (χ0v) is 11.3. The van der Waals surface area contributed by atoms with Gasteiger partial charge in [-0.3, -0.25) is 4.79 Å². The number of carbonyl (C=O) groups is 1. The molecule has 90 valence electrons. The molecule has 1 fully saturated rings. The van der Waals surface area contributed by atoms with Crippen LogP contribution >= 0.6 is 15.9 Å². The molecule has 0 bridgehead atoms. The highest BCUT2D eigenvalue weighted by Crippen LogP contribution is 2.44. The van der Waals surface area contributed by atoms with Gasteiger partial charge < -0.3 is 5.32 Å². The highest BCUT2D eigenvalue weighted by Gasteiger charge is 2.45. The normalized spacial score (nSPS) is 17.0. The topological polar surface area (TPSA) is 29.1 Å². The minimum absolute atomic E-state index is 0.131. The zero-order valence-electron chi connectivity index (χ0n) is 9.71. The van der Waals surface area contributed by atoms with Gasteiger partial charge in [-0.15, -0.1) is 6.58 Å². The molecule has 1 aromatic rings. The van der Waals surface area contributed by atoms with Gasteiger partial charge in [0.25, 0.3) is 0 Å². The first kappa shape index (κ1) is 12.4. The lowest BCUT2D eigenvalue weighted by Crippen LogP contribution is -2.49. The minimum atomic E-state index is -0.302. The summed E-state index contributed by atoms with van der Waals surface area (Å²) in [5.74, 6) is 0.131. The Morgan fingerprint density at radius 3 is 2.53 bits per heavy atom. The number of hydrogen-bond acceptors (Lipinski definition) is 1. The van der Waals surface area contributed by atoms with Crippen molar-refractivity contribution in [2.75, 3.05) is 6.54 Å². The number of halogens is 1. The fourth-order valence-electron chi connectivity index (χ4n) is 2.28. The van der Waals surface area contributed by atoms with Crippen LogP contribution in [0.3, 0.4) is 0 Å². The van der Waals surface area contributed by atoms with Gasteiger partial charge in [0.1, 0.15) is 0 Å². The van der Waals surface area contributed by atoms with Crippen LogP contribution in [0.1, 0.15) is 24.8 Å². The Labute approximate surface area is 110 Å². The standard InChI is InChI=1S/C14H16BrNO/c1-2-10-16-13(17)14(8-3-9-14)11-4-6-12(15)7-5-11/h2,4-7H,1,3,8-10H2,(H,16,17). The Morgan fingerprint density at radius 2 is 2.06 bits per heavy atom. The minimum Gasteiger partial charge on any atom is -0.352 e. The van der Waals surface area contributed by atoms with Gasteiger partial charge in [0.05, 0.1) is 5.41 Å². The molecule has 0 heterocycles. The third-order valence-electron chi connectivity index (χ3n) is 3.45.